The second-order valence-electron chi connectivity index (χ2n) is 8.37. The number of rotatable bonds is 13. The van der Waals surface area contributed by atoms with Crippen LogP contribution in [0.1, 0.15) is 6.23 Å². The van der Waals surface area contributed by atoms with E-state index in [9.17, 15) is 33.6 Å². The van der Waals surface area contributed by atoms with E-state index in [0.29, 0.717) is 0 Å². The number of nitrogen functional groups attached to an aromatic ring is 1. The van der Waals surface area contributed by atoms with Crippen molar-refractivity contribution < 1.29 is 91.7 Å². The molecule has 0 spiro atoms. The number of nitrogens with zero attached hydrogens (tertiary/aromatic N) is 4. The van der Waals surface area contributed by atoms with E-state index in [1.807, 2.05) is 0 Å². The Morgan fingerprint density at radius 3 is 2.16 bits per heavy atom. The molecule has 0 bridgehead atoms. The van der Waals surface area contributed by atoms with Crippen LogP contribution < -0.4 is 5.73 Å². The van der Waals surface area contributed by atoms with Gasteiger partial charge in [0, 0.05) is 0 Å². The van der Waals surface area contributed by atoms with Crippen LogP contribution in [-0.2, 0) is 36.4 Å². The van der Waals surface area contributed by atoms with Crippen LogP contribution in [-0.4, -0.2) is 137 Å². The molecular formula is C16H28N5O19P3. The van der Waals surface area contributed by atoms with Crippen molar-refractivity contribution >= 4 is 46.7 Å². The van der Waals surface area contributed by atoms with Crippen molar-refractivity contribution in [2.75, 3.05) is 18.9 Å². The standard InChI is InChI=1S/C10H16N5O13P3.C6H12O6/c11-8-5-9(13-2-12-8)15(3-14-5)10-7(17)6(16)4(26-10)1-25-30(21,22)28-31(23,24)27-29(18,19)20;7-1-3(9)5(11)6(12)4(10)2-8/h2-4,6-7,10,16-17H,1H2,(H,21,22)(H,23,24)(H2,11,12,13)(H2,18,19,20);1,3-6,8-12H,2H2/t4-,6-,7-,10-;3-,4+,5+,6+/m10/s1. The Balaban J connectivity index is 0.000000455. The fourth-order valence-electron chi connectivity index (χ4n) is 3.24. The Kier molecular flexibility index (Phi) is 12.9. The maximum atomic E-state index is 11.8. The maximum absolute atomic E-state index is 11.8. The molecule has 3 heterocycles. The van der Waals surface area contributed by atoms with Crippen molar-refractivity contribution in [1.29, 1.82) is 0 Å². The fraction of sp³-hybridized carbons (Fsp3) is 0.625. The van der Waals surface area contributed by atoms with Crippen LogP contribution in [0.2, 0.25) is 0 Å². The number of nitrogens with two attached hydrogens (primary N) is 1. The summed E-state index contributed by atoms with van der Waals surface area (Å²) in [6.45, 7) is -1.72. The fourth-order valence-corrected chi connectivity index (χ4v) is 6.27. The number of fused-ring (bicyclic) bond motifs is 1. The molecule has 24 nitrogen and oxygen atoms in total. The second-order valence-corrected chi connectivity index (χ2v) is 12.8. The molecule has 10 atom stereocenters. The summed E-state index contributed by atoms with van der Waals surface area (Å²) in [7, 11) is -16.7. The predicted molar refractivity (Wildman–Crippen MR) is 133 cm³/mol. The van der Waals surface area contributed by atoms with Crippen molar-refractivity contribution in [3.8, 4) is 0 Å². The molecule has 1 saturated heterocycles. The van der Waals surface area contributed by atoms with Gasteiger partial charge in [-0.05, 0) is 0 Å². The molecule has 13 N–H and O–H groups in total. The first-order valence-electron chi connectivity index (χ1n) is 11.2. The number of aromatic nitrogens is 4. The minimum atomic E-state index is -5.70. The lowest BCUT2D eigenvalue weighted by atomic mass is 10.0. The van der Waals surface area contributed by atoms with E-state index in [-0.39, 0.29) is 23.3 Å². The summed E-state index contributed by atoms with van der Waals surface area (Å²) in [4.78, 5) is 57.1. The molecule has 2 aromatic rings. The average molecular weight is 687 g/mol. The lowest BCUT2D eigenvalue weighted by molar-refractivity contribution is -0.136. The number of phosphoric acid groups is 3. The summed E-state index contributed by atoms with van der Waals surface area (Å²) in [6.07, 6.45) is -10.5. The molecule has 27 heteroatoms. The number of aldehydes is 1. The number of ether oxygens (including phenoxy) is 1. The zero-order valence-electron chi connectivity index (χ0n) is 21.2. The van der Waals surface area contributed by atoms with Crippen LogP contribution in [0.15, 0.2) is 12.7 Å². The Labute approximate surface area is 239 Å². The minimum absolute atomic E-state index is 0.0258. The zero-order valence-corrected chi connectivity index (χ0v) is 23.8. The van der Waals surface area contributed by atoms with Crippen LogP contribution >= 0.6 is 23.5 Å². The summed E-state index contributed by atoms with van der Waals surface area (Å²) >= 11 is 0. The molecule has 2 aromatic heterocycles. The topological polar surface area (TPSA) is 397 Å². The zero-order chi connectivity index (χ0) is 32.9. The summed E-state index contributed by atoms with van der Waals surface area (Å²) < 4.78 is 51.9. The Morgan fingerprint density at radius 1 is 0.977 bits per heavy atom. The first-order chi connectivity index (χ1) is 19.7. The lowest BCUT2D eigenvalue weighted by Crippen LogP contribution is -2.46. The highest BCUT2D eigenvalue weighted by molar-refractivity contribution is 7.66. The van der Waals surface area contributed by atoms with Gasteiger partial charge >= 0.3 is 23.5 Å². The number of carbonyl (C=O) groups is 1. The first kappa shape index (κ1) is 37.3. The van der Waals surface area contributed by atoms with E-state index in [1.54, 1.807) is 0 Å². The molecule has 0 saturated carbocycles. The molecule has 43 heavy (non-hydrogen) atoms. The second kappa shape index (κ2) is 14.9. The molecule has 0 amide bonds. The van der Waals surface area contributed by atoms with Gasteiger partial charge in [0.1, 0.15) is 54.6 Å². The third-order valence-corrected chi connectivity index (χ3v) is 9.04. The molecule has 0 aliphatic carbocycles. The number of hydrogen-bond acceptors (Lipinski definition) is 19. The van der Waals surface area contributed by atoms with Gasteiger partial charge in [0.15, 0.2) is 24.0 Å². The molecule has 2 unspecified atom stereocenters. The van der Waals surface area contributed by atoms with Gasteiger partial charge in [-0.15, -0.1) is 0 Å². The number of anilines is 1. The minimum Gasteiger partial charge on any atom is -0.394 e. The van der Waals surface area contributed by atoms with Gasteiger partial charge < -0.3 is 70.6 Å². The van der Waals surface area contributed by atoms with E-state index < -0.39 is 85.6 Å². The predicted octanol–water partition coefficient (Wildman–Crippen LogP) is -5.01. The summed E-state index contributed by atoms with van der Waals surface area (Å²) in [5.41, 5.74) is 6.00. The maximum Gasteiger partial charge on any atom is 0.490 e. The molecule has 1 aliphatic heterocycles. The molecule has 246 valence electrons. The van der Waals surface area contributed by atoms with Gasteiger partial charge in [0.25, 0.3) is 0 Å². The molecule has 3 rings (SSSR count). The van der Waals surface area contributed by atoms with Crippen LogP contribution in [0.5, 0.6) is 0 Å². The molecule has 0 aromatic carbocycles. The Bertz CT molecular complexity index is 1380. The van der Waals surface area contributed by atoms with E-state index in [0.717, 1.165) is 6.33 Å². The van der Waals surface area contributed by atoms with Gasteiger partial charge in [0.2, 0.25) is 0 Å². The highest BCUT2D eigenvalue weighted by Gasteiger charge is 2.47. The lowest BCUT2D eigenvalue weighted by Gasteiger charge is -2.22. The van der Waals surface area contributed by atoms with E-state index in [2.05, 4.69) is 28.1 Å². The van der Waals surface area contributed by atoms with Crippen LogP contribution in [0, 0.1) is 0 Å². The van der Waals surface area contributed by atoms with Crippen LogP contribution in [0.3, 0.4) is 0 Å². The van der Waals surface area contributed by atoms with Crippen LogP contribution in [0.25, 0.3) is 11.2 Å². The Hall–Kier alpha value is -1.89. The average Bonchev–Trinajstić information content (AvgIpc) is 3.45. The van der Waals surface area contributed by atoms with Crippen LogP contribution in [0.4, 0.5) is 5.82 Å². The Morgan fingerprint density at radius 2 is 1.60 bits per heavy atom. The SMILES string of the molecule is Nc1ncnc2c1ncn2[C@@H]1O[C@H](COP(=O)(O)OP(=O)(O)OP(=O)(O)O)[C@@H](O)[C@H]1O.O=C[C@H](O)[C@@H](O)[C@H](O)[C@H](O)CO. The van der Waals surface area contributed by atoms with Crippen molar-refractivity contribution in [3.63, 3.8) is 0 Å². The van der Waals surface area contributed by atoms with Gasteiger partial charge in [-0.1, -0.05) is 0 Å². The summed E-state index contributed by atoms with van der Waals surface area (Å²) in [5, 5.41) is 63.9. The summed E-state index contributed by atoms with van der Waals surface area (Å²) in [5.74, 6) is 0.0426. The highest BCUT2D eigenvalue weighted by Crippen LogP contribution is 2.66. The van der Waals surface area contributed by atoms with E-state index >= 15 is 0 Å². The summed E-state index contributed by atoms with van der Waals surface area (Å²) in [6, 6.07) is 0. The molecular weight excluding hydrogens is 659 g/mol. The largest absolute Gasteiger partial charge is 0.490 e. The molecule has 1 fully saturated rings. The highest BCUT2D eigenvalue weighted by atomic mass is 31.3. The van der Waals surface area contributed by atoms with Gasteiger partial charge in [-0.3, -0.25) is 9.09 Å². The van der Waals surface area contributed by atoms with Crippen molar-refractivity contribution in [3.05, 3.63) is 12.7 Å². The van der Waals surface area contributed by atoms with E-state index in [1.165, 1.54) is 10.9 Å². The first-order valence-corrected chi connectivity index (χ1v) is 15.8. The number of hydrogen-bond donors (Lipinski definition) is 12. The smallest absolute Gasteiger partial charge is 0.394 e. The third kappa shape index (κ3) is 10.3. The number of phosphoric ester groups is 1. The number of imidazole rings is 1. The quantitative estimate of drug-likeness (QED) is 0.0692. The van der Waals surface area contributed by atoms with Crippen molar-refractivity contribution in [2.24, 2.45) is 0 Å². The normalized spacial score (nSPS) is 26.4. The molecule has 1 aliphatic rings. The van der Waals surface area contributed by atoms with Gasteiger partial charge in [-0.25, -0.2) is 28.6 Å². The van der Waals surface area contributed by atoms with Crippen molar-refractivity contribution in [1.82, 2.24) is 19.5 Å². The third-order valence-electron chi connectivity index (χ3n) is 5.24. The number of aliphatic hydroxyl groups excluding tert-OH is 7. The molecule has 0 radical (unpaired) electrons. The van der Waals surface area contributed by atoms with Gasteiger partial charge in [0.05, 0.1) is 19.5 Å². The number of aliphatic hydroxyl groups is 7. The van der Waals surface area contributed by atoms with Gasteiger partial charge in [-0.2, -0.15) is 8.62 Å². The monoisotopic (exact) mass is 687 g/mol. The number of carbonyl (C=O) groups excluding carboxylic acids is 1. The van der Waals surface area contributed by atoms with E-state index in [4.69, 9.17) is 50.7 Å². The van der Waals surface area contributed by atoms with Crippen molar-refractivity contribution in [2.45, 2.75) is 49.0 Å².